The Morgan fingerprint density at radius 2 is 2.14 bits per heavy atom. The maximum Gasteiger partial charge on any atom is 0.186 e. The van der Waals surface area contributed by atoms with Gasteiger partial charge in [-0.05, 0) is 29.2 Å². The third kappa shape index (κ3) is 3.49. The van der Waals surface area contributed by atoms with Crippen molar-refractivity contribution >= 4 is 17.4 Å². The van der Waals surface area contributed by atoms with Gasteiger partial charge < -0.3 is 0 Å². The van der Waals surface area contributed by atoms with E-state index in [0.717, 1.165) is 0 Å². The van der Waals surface area contributed by atoms with E-state index < -0.39 is 0 Å². The van der Waals surface area contributed by atoms with Crippen LogP contribution < -0.4 is 0 Å². The van der Waals surface area contributed by atoms with E-state index in [9.17, 15) is 9.18 Å². The zero-order chi connectivity index (χ0) is 16.3. The number of Topliss-reactive ketones (excluding diaryl/α,β-unsaturated/α-hetero) is 1. The molecule has 0 spiro atoms. The topological polar surface area (TPSA) is 53.8 Å². The van der Waals surface area contributed by atoms with Gasteiger partial charge in [0.1, 0.15) is 17.6 Å². The fourth-order valence-electron chi connectivity index (χ4n) is 2.16. The molecule has 1 heterocycles. The SMILES string of the molecule is CC(C)c1cc(CC(=O)c2ncc(Cl)cc2C#N)ccc1F. The maximum atomic E-state index is 13.7. The number of rotatable bonds is 4. The molecule has 0 aliphatic carbocycles. The van der Waals surface area contributed by atoms with Gasteiger partial charge in [0.25, 0.3) is 0 Å². The van der Waals surface area contributed by atoms with Crippen LogP contribution in [-0.2, 0) is 6.42 Å². The summed E-state index contributed by atoms with van der Waals surface area (Å²) in [7, 11) is 0. The Kier molecular flexibility index (Phi) is 4.89. The summed E-state index contributed by atoms with van der Waals surface area (Å²) in [5.41, 5.74) is 1.48. The first-order chi connectivity index (χ1) is 10.4. The highest BCUT2D eigenvalue weighted by Crippen LogP contribution is 2.21. The standard InChI is InChI=1S/C17H14ClFN2O/c1-10(2)14-5-11(3-4-15(14)19)6-16(22)17-12(8-20)7-13(18)9-21-17/h3-5,7,9-10H,6H2,1-2H3. The third-order valence-electron chi connectivity index (χ3n) is 3.29. The highest BCUT2D eigenvalue weighted by Gasteiger charge is 2.16. The molecule has 0 radical (unpaired) electrons. The van der Waals surface area contributed by atoms with Crippen LogP contribution in [0.4, 0.5) is 4.39 Å². The van der Waals surface area contributed by atoms with E-state index in [1.807, 2.05) is 19.9 Å². The van der Waals surface area contributed by atoms with Gasteiger partial charge in [-0.15, -0.1) is 0 Å². The molecule has 0 saturated heterocycles. The number of carbonyl (C=O) groups excluding carboxylic acids is 1. The molecule has 1 aromatic heterocycles. The van der Waals surface area contributed by atoms with Gasteiger partial charge in [-0.2, -0.15) is 5.26 Å². The number of aromatic nitrogens is 1. The monoisotopic (exact) mass is 316 g/mol. The van der Waals surface area contributed by atoms with E-state index in [1.165, 1.54) is 18.3 Å². The molecule has 5 heteroatoms. The predicted octanol–water partition coefficient (Wildman–Crippen LogP) is 4.29. The Bertz CT molecular complexity index is 766. The molecule has 0 unspecified atom stereocenters. The van der Waals surface area contributed by atoms with Crippen LogP contribution in [-0.4, -0.2) is 10.8 Å². The van der Waals surface area contributed by atoms with Crippen LogP contribution in [0.1, 0.15) is 46.9 Å². The maximum absolute atomic E-state index is 13.7. The Labute approximate surface area is 133 Å². The van der Waals surface area contributed by atoms with Crippen LogP contribution in [0.15, 0.2) is 30.5 Å². The average Bonchev–Trinajstić information content (AvgIpc) is 2.48. The molecule has 2 rings (SSSR count). The van der Waals surface area contributed by atoms with E-state index in [0.29, 0.717) is 16.1 Å². The normalized spacial score (nSPS) is 10.5. The van der Waals surface area contributed by atoms with Crippen molar-refractivity contribution in [3.05, 3.63) is 63.7 Å². The van der Waals surface area contributed by atoms with Gasteiger partial charge >= 0.3 is 0 Å². The molecule has 0 saturated carbocycles. The molecular formula is C17H14ClFN2O. The second-order valence-corrected chi connectivity index (χ2v) is 5.71. The molecule has 1 aromatic carbocycles. The van der Waals surface area contributed by atoms with Gasteiger partial charge in [-0.3, -0.25) is 9.78 Å². The lowest BCUT2D eigenvalue weighted by Gasteiger charge is -2.09. The number of ketones is 1. The van der Waals surface area contributed by atoms with Gasteiger partial charge in [0, 0.05) is 12.6 Å². The lowest BCUT2D eigenvalue weighted by Crippen LogP contribution is -2.09. The molecule has 0 bridgehead atoms. The van der Waals surface area contributed by atoms with Crippen molar-refractivity contribution in [1.29, 1.82) is 5.26 Å². The number of hydrogen-bond donors (Lipinski definition) is 0. The molecule has 0 fully saturated rings. The van der Waals surface area contributed by atoms with E-state index in [2.05, 4.69) is 4.98 Å². The first kappa shape index (κ1) is 16.1. The van der Waals surface area contributed by atoms with Crippen LogP contribution in [0.5, 0.6) is 0 Å². The molecular weight excluding hydrogens is 303 g/mol. The first-order valence-corrected chi connectivity index (χ1v) is 7.17. The number of nitriles is 1. The average molecular weight is 317 g/mol. The fraction of sp³-hybridized carbons (Fsp3) is 0.235. The molecule has 0 N–H and O–H groups in total. The van der Waals surface area contributed by atoms with Crippen molar-refractivity contribution < 1.29 is 9.18 Å². The summed E-state index contributed by atoms with van der Waals surface area (Å²) in [4.78, 5) is 16.3. The van der Waals surface area contributed by atoms with Crippen molar-refractivity contribution in [2.75, 3.05) is 0 Å². The summed E-state index contributed by atoms with van der Waals surface area (Å²) in [5, 5.41) is 9.36. The smallest absolute Gasteiger partial charge is 0.186 e. The number of benzene rings is 1. The zero-order valence-electron chi connectivity index (χ0n) is 12.2. The van der Waals surface area contributed by atoms with Crippen LogP contribution in [0.25, 0.3) is 0 Å². The molecule has 0 aliphatic heterocycles. The summed E-state index contributed by atoms with van der Waals surface area (Å²) >= 11 is 5.77. The summed E-state index contributed by atoms with van der Waals surface area (Å²) in [5.74, 6) is -0.554. The van der Waals surface area contributed by atoms with E-state index in [1.54, 1.807) is 12.1 Å². The Morgan fingerprint density at radius 1 is 1.41 bits per heavy atom. The fourth-order valence-corrected chi connectivity index (χ4v) is 2.32. The Balaban J connectivity index is 2.30. The van der Waals surface area contributed by atoms with Gasteiger partial charge in [0.15, 0.2) is 5.78 Å². The number of carbonyl (C=O) groups is 1. The van der Waals surface area contributed by atoms with E-state index in [4.69, 9.17) is 16.9 Å². The highest BCUT2D eigenvalue weighted by atomic mass is 35.5. The molecule has 112 valence electrons. The number of halogens is 2. The molecule has 0 atom stereocenters. The summed E-state index contributed by atoms with van der Waals surface area (Å²) in [6.07, 6.45) is 1.39. The highest BCUT2D eigenvalue weighted by molar-refractivity contribution is 6.30. The van der Waals surface area contributed by atoms with Crippen LogP contribution in [0, 0.1) is 17.1 Å². The number of hydrogen-bond acceptors (Lipinski definition) is 3. The minimum absolute atomic E-state index is 0.0263. The first-order valence-electron chi connectivity index (χ1n) is 6.79. The van der Waals surface area contributed by atoms with Gasteiger partial charge in [0.2, 0.25) is 0 Å². The second-order valence-electron chi connectivity index (χ2n) is 5.27. The van der Waals surface area contributed by atoms with Crippen molar-refractivity contribution in [2.24, 2.45) is 0 Å². The second kappa shape index (κ2) is 6.67. The largest absolute Gasteiger partial charge is 0.292 e. The zero-order valence-corrected chi connectivity index (χ0v) is 13.0. The van der Waals surface area contributed by atoms with Crippen molar-refractivity contribution in [1.82, 2.24) is 4.98 Å². The lowest BCUT2D eigenvalue weighted by molar-refractivity contribution is 0.0988. The lowest BCUT2D eigenvalue weighted by atomic mass is 9.97. The van der Waals surface area contributed by atoms with Crippen molar-refractivity contribution in [3.8, 4) is 6.07 Å². The molecule has 0 amide bonds. The Hall–Kier alpha value is -2.25. The minimum atomic E-state index is -0.297. The summed E-state index contributed by atoms with van der Waals surface area (Å²) in [6, 6.07) is 7.93. The Morgan fingerprint density at radius 3 is 2.77 bits per heavy atom. The minimum Gasteiger partial charge on any atom is -0.292 e. The number of pyridine rings is 1. The van der Waals surface area contributed by atoms with Gasteiger partial charge in [0.05, 0.1) is 10.6 Å². The molecule has 3 nitrogen and oxygen atoms in total. The van der Waals surface area contributed by atoms with Crippen LogP contribution >= 0.6 is 11.6 Å². The van der Waals surface area contributed by atoms with Gasteiger partial charge in [-0.25, -0.2) is 4.39 Å². The summed E-state index contributed by atoms with van der Waals surface area (Å²) < 4.78 is 13.7. The summed E-state index contributed by atoms with van der Waals surface area (Å²) in [6.45, 7) is 3.77. The molecule has 22 heavy (non-hydrogen) atoms. The van der Waals surface area contributed by atoms with Crippen molar-refractivity contribution in [2.45, 2.75) is 26.2 Å². The molecule has 0 aliphatic rings. The quantitative estimate of drug-likeness (QED) is 0.790. The van der Waals surface area contributed by atoms with Crippen LogP contribution in [0.3, 0.4) is 0 Å². The van der Waals surface area contributed by atoms with E-state index >= 15 is 0 Å². The van der Waals surface area contributed by atoms with Crippen molar-refractivity contribution in [3.63, 3.8) is 0 Å². The third-order valence-corrected chi connectivity index (χ3v) is 3.49. The predicted molar refractivity (Wildman–Crippen MR) is 82.5 cm³/mol. The number of nitrogens with zero attached hydrogens (tertiary/aromatic N) is 2. The molecule has 2 aromatic rings. The van der Waals surface area contributed by atoms with Gasteiger partial charge in [-0.1, -0.05) is 37.6 Å². The van der Waals surface area contributed by atoms with E-state index in [-0.39, 0.29) is 35.2 Å². The van der Waals surface area contributed by atoms with Crippen LogP contribution in [0.2, 0.25) is 5.02 Å².